The van der Waals surface area contributed by atoms with Crippen molar-refractivity contribution >= 4 is 16.6 Å². The normalized spacial score (nSPS) is 10.9. The van der Waals surface area contributed by atoms with Crippen LogP contribution in [0.1, 0.15) is 17.5 Å². The molecule has 2 aromatic carbocycles. The van der Waals surface area contributed by atoms with Gasteiger partial charge in [-0.2, -0.15) is 0 Å². The zero-order chi connectivity index (χ0) is 17.1. The first kappa shape index (κ1) is 16.1. The number of hydrogen-bond acceptors (Lipinski definition) is 4. The molecule has 1 N–H and O–H groups in total. The predicted molar refractivity (Wildman–Crippen MR) is 95.1 cm³/mol. The van der Waals surface area contributed by atoms with E-state index in [0.717, 1.165) is 16.8 Å². The fraction of sp³-hybridized carbons (Fsp3) is 0.263. The largest absolute Gasteiger partial charge is 0.494 e. The molecule has 1 heterocycles. The van der Waals surface area contributed by atoms with Crippen LogP contribution in [-0.4, -0.2) is 16.3 Å². The van der Waals surface area contributed by atoms with Gasteiger partial charge in [-0.1, -0.05) is 29.8 Å². The van der Waals surface area contributed by atoms with Gasteiger partial charge in [0.15, 0.2) is 5.69 Å². The van der Waals surface area contributed by atoms with E-state index in [9.17, 15) is 10.0 Å². The number of hydrogen-bond donors (Lipinski definition) is 1. The third-order valence-corrected chi connectivity index (χ3v) is 4.15. The molecule has 0 saturated heterocycles. The van der Waals surface area contributed by atoms with Crippen LogP contribution >= 0.6 is 0 Å². The molecule has 0 fully saturated rings. The van der Waals surface area contributed by atoms with Gasteiger partial charge in [-0.3, -0.25) is 0 Å². The van der Waals surface area contributed by atoms with Crippen LogP contribution in [0.5, 0.6) is 11.6 Å². The number of ether oxygens (including phenoxy) is 1. The third-order valence-electron chi connectivity index (χ3n) is 4.15. The summed E-state index contributed by atoms with van der Waals surface area (Å²) < 4.78 is 7.43. The first-order chi connectivity index (χ1) is 11.6. The molecule has 3 aromatic rings. The molecule has 0 unspecified atom stereocenters. The average molecular weight is 324 g/mol. The van der Waals surface area contributed by atoms with E-state index >= 15 is 0 Å². The SMILES string of the molecule is Cc1ccc(OCCCn2c(O)c(N=O)c3c(C)cccc32)cc1. The Balaban J connectivity index is 1.73. The number of fused-ring (bicyclic) bond motifs is 1. The molecule has 0 aliphatic rings. The van der Waals surface area contributed by atoms with Gasteiger partial charge in [-0.05, 0) is 49.2 Å². The third kappa shape index (κ3) is 2.97. The zero-order valence-corrected chi connectivity index (χ0v) is 13.8. The molecule has 0 aliphatic carbocycles. The van der Waals surface area contributed by atoms with Crippen molar-refractivity contribution in [1.82, 2.24) is 4.57 Å². The van der Waals surface area contributed by atoms with Crippen LogP contribution in [0.25, 0.3) is 10.9 Å². The van der Waals surface area contributed by atoms with Gasteiger partial charge in [0.2, 0.25) is 5.88 Å². The van der Waals surface area contributed by atoms with E-state index in [2.05, 4.69) is 5.18 Å². The maximum absolute atomic E-state index is 11.1. The second-order valence-electron chi connectivity index (χ2n) is 5.90. The minimum atomic E-state index is -0.0790. The first-order valence-corrected chi connectivity index (χ1v) is 7.95. The van der Waals surface area contributed by atoms with E-state index < -0.39 is 0 Å². The van der Waals surface area contributed by atoms with E-state index in [1.54, 1.807) is 4.57 Å². The van der Waals surface area contributed by atoms with Crippen molar-refractivity contribution < 1.29 is 9.84 Å². The summed E-state index contributed by atoms with van der Waals surface area (Å²) in [5, 5.41) is 14.0. The summed E-state index contributed by atoms with van der Waals surface area (Å²) in [5.41, 5.74) is 3.04. The minimum Gasteiger partial charge on any atom is -0.494 e. The lowest BCUT2D eigenvalue weighted by molar-refractivity contribution is 0.298. The molecule has 5 heteroatoms. The molecule has 3 rings (SSSR count). The first-order valence-electron chi connectivity index (χ1n) is 7.95. The Bertz CT molecular complexity index is 866. The maximum atomic E-state index is 11.1. The van der Waals surface area contributed by atoms with Crippen molar-refractivity contribution in [1.29, 1.82) is 0 Å². The van der Waals surface area contributed by atoms with Crippen LogP contribution in [0.4, 0.5) is 5.69 Å². The standard InChI is InChI=1S/C19H20N2O3/c1-13-7-9-15(10-8-13)24-12-4-11-21-16-6-3-5-14(2)17(16)18(20-23)19(21)22/h3,5-10,22H,4,11-12H2,1-2H3. The fourth-order valence-corrected chi connectivity index (χ4v) is 2.90. The predicted octanol–water partition coefficient (Wildman–Crippen LogP) is 4.83. The van der Waals surface area contributed by atoms with Gasteiger partial charge in [-0.25, -0.2) is 0 Å². The van der Waals surface area contributed by atoms with Crippen LogP contribution < -0.4 is 4.74 Å². The average Bonchev–Trinajstić information content (AvgIpc) is 2.86. The highest BCUT2D eigenvalue weighted by Gasteiger charge is 2.18. The van der Waals surface area contributed by atoms with Crippen molar-refractivity contribution in [3.63, 3.8) is 0 Å². The number of rotatable bonds is 6. The lowest BCUT2D eigenvalue weighted by Gasteiger charge is -2.09. The summed E-state index contributed by atoms with van der Waals surface area (Å²) in [7, 11) is 0. The Morgan fingerprint density at radius 3 is 2.58 bits per heavy atom. The Morgan fingerprint density at radius 1 is 1.12 bits per heavy atom. The summed E-state index contributed by atoms with van der Waals surface area (Å²) in [6.07, 6.45) is 0.706. The molecule has 0 atom stereocenters. The maximum Gasteiger partial charge on any atom is 0.222 e. The van der Waals surface area contributed by atoms with Crippen molar-refractivity contribution in [2.75, 3.05) is 6.61 Å². The molecule has 1 aromatic heterocycles. The van der Waals surface area contributed by atoms with Gasteiger partial charge < -0.3 is 14.4 Å². The highest BCUT2D eigenvalue weighted by molar-refractivity contribution is 5.97. The summed E-state index contributed by atoms with van der Waals surface area (Å²) in [5.74, 6) is 0.748. The second-order valence-corrected chi connectivity index (χ2v) is 5.90. The number of nitrogens with zero attached hydrogens (tertiary/aromatic N) is 2. The van der Waals surface area contributed by atoms with Crippen molar-refractivity contribution in [2.24, 2.45) is 5.18 Å². The molecule has 0 aliphatic heterocycles. The minimum absolute atomic E-state index is 0.0790. The molecule has 0 saturated carbocycles. The quantitative estimate of drug-likeness (QED) is 0.521. The molecule has 5 nitrogen and oxygen atoms in total. The summed E-state index contributed by atoms with van der Waals surface area (Å²) in [4.78, 5) is 11.1. The Labute approximate surface area is 140 Å². The highest BCUT2D eigenvalue weighted by Crippen LogP contribution is 2.40. The molecule has 124 valence electrons. The Morgan fingerprint density at radius 2 is 1.88 bits per heavy atom. The fourth-order valence-electron chi connectivity index (χ4n) is 2.90. The lowest BCUT2D eigenvalue weighted by atomic mass is 10.1. The van der Waals surface area contributed by atoms with Crippen LogP contribution in [-0.2, 0) is 6.54 Å². The summed E-state index contributed by atoms with van der Waals surface area (Å²) in [6, 6.07) is 13.6. The Kier molecular flexibility index (Phi) is 4.51. The van der Waals surface area contributed by atoms with Crippen LogP contribution in [0.2, 0.25) is 0 Å². The molecular formula is C19H20N2O3. The van der Waals surface area contributed by atoms with E-state index in [-0.39, 0.29) is 11.6 Å². The van der Waals surface area contributed by atoms with Gasteiger partial charge >= 0.3 is 0 Å². The van der Waals surface area contributed by atoms with Gasteiger partial charge in [0, 0.05) is 11.9 Å². The highest BCUT2D eigenvalue weighted by atomic mass is 16.5. The topological polar surface area (TPSA) is 63.8 Å². The molecular weight excluding hydrogens is 304 g/mol. The van der Waals surface area contributed by atoms with Crippen LogP contribution in [0.3, 0.4) is 0 Å². The van der Waals surface area contributed by atoms with Gasteiger partial charge in [0.25, 0.3) is 0 Å². The van der Waals surface area contributed by atoms with Gasteiger partial charge in [0.1, 0.15) is 5.75 Å². The van der Waals surface area contributed by atoms with Gasteiger partial charge in [-0.15, -0.1) is 4.91 Å². The molecule has 0 spiro atoms. The van der Waals surface area contributed by atoms with E-state index in [4.69, 9.17) is 4.74 Å². The monoisotopic (exact) mass is 324 g/mol. The summed E-state index contributed by atoms with van der Waals surface area (Å²) >= 11 is 0. The molecule has 24 heavy (non-hydrogen) atoms. The Hall–Kier alpha value is -2.82. The molecule has 0 bridgehead atoms. The van der Waals surface area contributed by atoms with Crippen LogP contribution in [0.15, 0.2) is 47.6 Å². The van der Waals surface area contributed by atoms with Crippen molar-refractivity contribution in [3.8, 4) is 11.6 Å². The van der Waals surface area contributed by atoms with Crippen LogP contribution in [0, 0.1) is 18.8 Å². The van der Waals surface area contributed by atoms with E-state index in [1.807, 2.05) is 56.3 Å². The van der Waals surface area contributed by atoms with Crippen molar-refractivity contribution in [2.45, 2.75) is 26.8 Å². The number of benzene rings is 2. The number of aromatic hydroxyl groups is 1. The van der Waals surface area contributed by atoms with Crippen molar-refractivity contribution in [3.05, 3.63) is 58.5 Å². The van der Waals surface area contributed by atoms with E-state index in [0.29, 0.717) is 25.0 Å². The number of nitroso groups, excluding NO2 is 1. The zero-order valence-electron chi connectivity index (χ0n) is 13.8. The van der Waals surface area contributed by atoms with Gasteiger partial charge in [0.05, 0.1) is 12.1 Å². The summed E-state index contributed by atoms with van der Waals surface area (Å²) in [6.45, 7) is 5.01. The van der Waals surface area contributed by atoms with E-state index in [1.165, 1.54) is 5.56 Å². The molecule has 0 radical (unpaired) electrons. The molecule has 0 amide bonds. The second kappa shape index (κ2) is 6.74. The lowest BCUT2D eigenvalue weighted by Crippen LogP contribution is -2.04. The number of aryl methyl sites for hydroxylation is 3. The number of aromatic nitrogens is 1. The smallest absolute Gasteiger partial charge is 0.222 e.